The summed E-state index contributed by atoms with van der Waals surface area (Å²) in [5, 5.41) is 3.10. The molecule has 2 aliphatic rings. The highest BCUT2D eigenvalue weighted by Gasteiger charge is 2.14. The molecule has 1 aliphatic carbocycles. The van der Waals surface area contributed by atoms with E-state index in [0.717, 1.165) is 36.6 Å². The molecule has 1 fully saturated rings. The van der Waals surface area contributed by atoms with Crippen LogP contribution in [0.15, 0.2) is 23.2 Å². The molecule has 6 nitrogen and oxygen atoms in total. The van der Waals surface area contributed by atoms with Crippen molar-refractivity contribution in [2.75, 3.05) is 31.7 Å². The molecule has 6 heteroatoms. The summed E-state index contributed by atoms with van der Waals surface area (Å²) in [6.45, 7) is 2.77. The average Bonchev–Trinajstić information content (AvgIpc) is 2.98. The Morgan fingerprint density at radius 1 is 1.17 bits per heavy atom. The lowest BCUT2D eigenvalue weighted by molar-refractivity contribution is 0.0579. The third-order valence-corrected chi connectivity index (χ3v) is 4.26. The van der Waals surface area contributed by atoms with Crippen molar-refractivity contribution in [3.8, 4) is 11.5 Å². The smallest absolute Gasteiger partial charge is 0.193 e. The SMILES string of the molecule is NC(=NCCCOC1CCCC1)Nc1ccc2c(c1)OCCCO2. The predicted molar refractivity (Wildman–Crippen MR) is 95.0 cm³/mol. The zero-order chi connectivity index (χ0) is 16.6. The van der Waals surface area contributed by atoms with Crippen LogP contribution in [-0.2, 0) is 4.74 Å². The average molecular weight is 333 g/mol. The molecule has 1 aliphatic heterocycles. The van der Waals surface area contributed by atoms with Crippen molar-refractivity contribution in [3.63, 3.8) is 0 Å². The van der Waals surface area contributed by atoms with Gasteiger partial charge in [0.1, 0.15) is 0 Å². The van der Waals surface area contributed by atoms with Gasteiger partial charge < -0.3 is 25.3 Å². The molecular weight excluding hydrogens is 306 g/mol. The Hall–Kier alpha value is -1.95. The van der Waals surface area contributed by atoms with E-state index >= 15 is 0 Å². The Bertz CT molecular complexity index is 556. The van der Waals surface area contributed by atoms with Gasteiger partial charge in [-0.05, 0) is 31.4 Å². The van der Waals surface area contributed by atoms with Crippen molar-refractivity contribution in [1.29, 1.82) is 0 Å². The van der Waals surface area contributed by atoms with Crippen molar-refractivity contribution in [3.05, 3.63) is 18.2 Å². The Labute approximate surface area is 143 Å². The summed E-state index contributed by atoms with van der Waals surface area (Å²) in [6.07, 6.45) is 7.26. The van der Waals surface area contributed by atoms with Crippen LogP contribution in [0, 0.1) is 0 Å². The van der Waals surface area contributed by atoms with Crippen LogP contribution in [0.1, 0.15) is 38.5 Å². The highest BCUT2D eigenvalue weighted by atomic mass is 16.5. The lowest BCUT2D eigenvalue weighted by Gasteiger charge is -2.11. The van der Waals surface area contributed by atoms with Crippen molar-refractivity contribution in [2.24, 2.45) is 10.7 Å². The van der Waals surface area contributed by atoms with Gasteiger partial charge >= 0.3 is 0 Å². The lowest BCUT2D eigenvalue weighted by Crippen LogP contribution is -2.23. The number of nitrogens with one attached hydrogen (secondary N) is 1. The van der Waals surface area contributed by atoms with Gasteiger partial charge in [-0.3, -0.25) is 4.99 Å². The maximum absolute atomic E-state index is 5.94. The molecule has 0 unspecified atom stereocenters. The molecule has 1 heterocycles. The van der Waals surface area contributed by atoms with Crippen LogP contribution in [0.4, 0.5) is 5.69 Å². The van der Waals surface area contributed by atoms with Gasteiger partial charge in [-0.2, -0.15) is 0 Å². The first-order chi connectivity index (χ1) is 11.8. The van der Waals surface area contributed by atoms with Crippen LogP contribution in [0.25, 0.3) is 0 Å². The predicted octanol–water partition coefficient (Wildman–Crippen LogP) is 2.92. The minimum Gasteiger partial charge on any atom is -0.490 e. The minimum absolute atomic E-state index is 0.408. The Morgan fingerprint density at radius 3 is 2.79 bits per heavy atom. The molecular formula is C18H27N3O3. The zero-order valence-corrected chi connectivity index (χ0v) is 14.1. The van der Waals surface area contributed by atoms with Gasteiger partial charge in [-0.15, -0.1) is 0 Å². The van der Waals surface area contributed by atoms with Crippen molar-refractivity contribution >= 4 is 11.6 Å². The quantitative estimate of drug-likeness (QED) is 0.475. The summed E-state index contributed by atoms with van der Waals surface area (Å²) < 4.78 is 17.1. The fourth-order valence-corrected chi connectivity index (χ4v) is 3.00. The fraction of sp³-hybridized carbons (Fsp3) is 0.611. The number of anilines is 1. The van der Waals surface area contributed by atoms with Gasteiger partial charge in [0.15, 0.2) is 17.5 Å². The summed E-state index contributed by atoms with van der Waals surface area (Å²) in [7, 11) is 0. The van der Waals surface area contributed by atoms with Gasteiger partial charge in [0.05, 0.1) is 19.3 Å². The van der Waals surface area contributed by atoms with Gasteiger partial charge in [-0.25, -0.2) is 0 Å². The van der Waals surface area contributed by atoms with E-state index in [2.05, 4.69) is 10.3 Å². The van der Waals surface area contributed by atoms with Gasteiger partial charge in [0.25, 0.3) is 0 Å². The second-order valence-corrected chi connectivity index (χ2v) is 6.23. The summed E-state index contributed by atoms with van der Waals surface area (Å²) in [5.41, 5.74) is 6.79. The third-order valence-electron chi connectivity index (χ3n) is 4.26. The number of aliphatic imine (C=N–C) groups is 1. The second-order valence-electron chi connectivity index (χ2n) is 6.23. The van der Waals surface area contributed by atoms with E-state index in [9.17, 15) is 0 Å². The zero-order valence-electron chi connectivity index (χ0n) is 14.1. The highest BCUT2D eigenvalue weighted by Crippen LogP contribution is 2.32. The van der Waals surface area contributed by atoms with Gasteiger partial charge in [-0.1, -0.05) is 12.8 Å². The van der Waals surface area contributed by atoms with Crippen LogP contribution >= 0.6 is 0 Å². The molecule has 0 spiro atoms. The van der Waals surface area contributed by atoms with Gasteiger partial charge in [0, 0.05) is 31.3 Å². The monoisotopic (exact) mass is 333 g/mol. The first-order valence-electron chi connectivity index (χ1n) is 8.89. The van der Waals surface area contributed by atoms with Crippen molar-refractivity contribution in [1.82, 2.24) is 0 Å². The number of ether oxygens (including phenoxy) is 3. The van der Waals surface area contributed by atoms with E-state index in [4.69, 9.17) is 19.9 Å². The molecule has 1 saturated carbocycles. The highest BCUT2D eigenvalue weighted by molar-refractivity contribution is 5.92. The molecule has 0 aromatic heterocycles. The van der Waals surface area contributed by atoms with E-state index in [0.29, 0.717) is 31.8 Å². The van der Waals surface area contributed by atoms with E-state index in [1.54, 1.807) is 0 Å². The number of fused-ring (bicyclic) bond motifs is 1. The molecule has 24 heavy (non-hydrogen) atoms. The number of rotatable bonds is 6. The molecule has 0 amide bonds. The van der Waals surface area contributed by atoms with Crippen molar-refractivity contribution in [2.45, 2.75) is 44.6 Å². The molecule has 0 saturated heterocycles. The number of hydrogen-bond acceptors (Lipinski definition) is 4. The van der Waals surface area contributed by atoms with Crippen LogP contribution < -0.4 is 20.5 Å². The second kappa shape index (κ2) is 8.78. The van der Waals surface area contributed by atoms with Crippen LogP contribution in [0.3, 0.4) is 0 Å². The molecule has 1 aromatic rings. The lowest BCUT2D eigenvalue weighted by atomic mass is 10.3. The Balaban J connectivity index is 1.42. The van der Waals surface area contributed by atoms with Crippen LogP contribution in [-0.4, -0.2) is 38.4 Å². The molecule has 0 atom stereocenters. The van der Waals surface area contributed by atoms with Crippen LogP contribution in [0.5, 0.6) is 11.5 Å². The summed E-state index contributed by atoms with van der Waals surface area (Å²) in [6, 6.07) is 5.71. The molecule has 3 rings (SSSR count). The van der Waals surface area contributed by atoms with E-state index in [1.165, 1.54) is 25.7 Å². The van der Waals surface area contributed by atoms with Crippen LogP contribution in [0.2, 0.25) is 0 Å². The van der Waals surface area contributed by atoms with E-state index in [-0.39, 0.29) is 0 Å². The molecule has 0 radical (unpaired) electrons. The normalized spacial score (nSPS) is 18.4. The van der Waals surface area contributed by atoms with E-state index < -0.39 is 0 Å². The standard InChI is InChI=1S/C18H27N3O3/c19-18(20-9-3-10-22-15-5-1-2-6-15)21-14-7-8-16-17(13-14)24-12-4-11-23-16/h7-8,13,15H,1-6,9-12H2,(H3,19,20,21). The molecule has 0 bridgehead atoms. The first-order valence-corrected chi connectivity index (χ1v) is 8.89. The van der Waals surface area contributed by atoms with Crippen molar-refractivity contribution < 1.29 is 14.2 Å². The summed E-state index contributed by atoms with van der Waals surface area (Å²) in [5.74, 6) is 1.93. The number of nitrogens with zero attached hydrogens (tertiary/aromatic N) is 1. The third kappa shape index (κ3) is 5.03. The maximum atomic E-state index is 5.94. The molecule has 132 valence electrons. The summed E-state index contributed by atoms with van der Waals surface area (Å²) >= 11 is 0. The largest absolute Gasteiger partial charge is 0.490 e. The summed E-state index contributed by atoms with van der Waals surface area (Å²) in [4.78, 5) is 4.35. The number of guanidine groups is 1. The molecule has 1 aromatic carbocycles. The number of benzene rings is 1. The Morgan fingerprint density at radius 2 is 1.96 bits per heavy atom. The number of nitrogens with two attached hydrogens (primary N) is 1. The first kappa shape index (κ1) is 16.9. The molecule has 3 N–H and O–H groups in total. The topological polar surface area (TPSA) is 78.1 Å². The Kier molecular flexibility index (Phi) is 6.18. The van der Waals surface area contributed by atoms with Gasteiger partial charge in [0.2, 0.25) is 0 Å². The maximum Gasteiger partial charge on any atom is 0.193 e. The van der Waals surface area contributed by atoms with E-state index in [1.807, 2.05) is 18.2 Å². The number of hydrogen-bond donors (Lipinski definition) is 2. The minimum atomic E-state index is 0.408. The fourth-order valence-electron chi connectivity index (χ4n) is 3.00.